The average Bonchev–Trinajstić information content (AvgIpc) is 2.32. The predicted octanol–water partition coefficient (Wildman–Crippen LogP) is 1.17. The molecule has 5 nitrogen and oxygen atoms in total. The van der Waals surface area contributed by atoms with Crippen molar-refractivity contribution in [2.45, 2.75) is 20.3 Å². The first kappa shape index (κ1) is 16.0. The number of ether oxygens (including phenoxy) is 3. The molecule has 0 aliphatic rings. The number of carbonyl (C=O) groups excluding carboxylic acids is 1. The zero-order chi connectivity index (χ0) is 13.1. The van der Waals surface area contributed by atoms with Gasteiger partial charge in [-0.2, -0.15) is 5.26 Å². The molecule has 1 unspecified atom stereocenters. The van der Waals surface area contributed by atoms with Crippen LogP contribution < -0.4 is 0 Å². The minimum Gasteiger partial charge on any atom is -0.382 e. The van der Waals surface area contributed by atoms with Crippen LogP contribution in [0, 0.1) is 16.7 Å². The Bertz CT molecular complexity index is 262. The fraction of sp³-hybridized carbons (Fsp3) is 0.833. The van der Waals surface area contributed by atoms with Gasteiger partial charge in [0, 0.05) is 13.7 Å². The summed E-state index contributed by atoms with van der Waals surface area (Å²) in [5, 5.41) is 8.89. The van der Waals surface area contributed by atoms with Crippen LogP contribution in [0.15, 0.2) is 0 Å². The molecule has 0 fully saturated rings. The van der Waals surface area contributed by atoms with Gasteiger partial charge in [0.1, 0.15) is 11.2 Å². The van der Waals surface area contributed by atoms with Crippen molar-refractivity contribution in [2.75, 3.05) is 40.1 Å². The van der Waals surface area contributed by atoms with Crippen LogP contribution in [0.1, 0.15) is 20.3 Å². The van der Waals surface area contributed by atoms with Gasteiger partial charge in [-0.15, -0.1) is 0 Å². The molecule has 0 aliphatic heterocycles. The molecule has 0 radical (unpaired) electrons. The Labute approximate surface area is 103 Å². The summed E-state index contributed by atoms with van der Waals surface area (Å²) in [5.74, 6) is -0.125. The van der Waals surface area contributed by atoms with E-state index in [1.165, 1.54) is 6.92 Å². The van der Waals surface area contributed by atoms with Crippen molar-refractivity contribution in [1.82, 2.24) is 0 Å². The van der Waals surface area contributed by atoms with Gasteiger partial charge in [-0.25, -0.2) is 0 Å². The van der Waals surface area contributed by atoms with E-state index in [4.69, 9.17) is 19.5 Å². The average molecular weight is 243 g/mol. The third kappa shape index (κ3) is 7.05. The van der Waals surface area contributed by atoms with E-state index in [1.807, 2.05) is 6.07 Å². The van der Waals surface area contributed by atoms with E-state index in [-0.39, 0.29) is 5.78 Å². The maximum absolute atomic E-state index is 11.2. The summed E-state index contributed by atoms with van der Waals surface area (Å²) in [6.07, 6.45) is 0.414. The molecule has 0 bridgehead atoms. The highest BCUT2D eigenvalue weighted by molar-refractivity contribution is 5.84. The molecule has 0 aromatic heterocycles. The van der Waals surface area contributed by atoms with Crippen molar-refractivity contribution in [3.63, 3.8) is 0 Å². The monoisotopic (exact) mass is 243 g/mol. The Morgan fingerprint density at radius 1 is 1.18 bits per heavy atom. The second kappa shape index (κ2) is 9.11. The first-order valence-electron chi connectivity index (χ1n) is 5.63. The fourth-order valence-corrected chi connectivity index (χ4v) is 1.05. The highest BCUT2D eigenvalue weighted by Gasteiger charge is 2.29. The normalized spacial score (nSPS) is 14.0. The molecule has 0 aliphatic carbocycles. The van der Waals surface area contributed by atoms with Gasteiger partial charge in [0.05, 0.1) is 32.5 Å². The number of rotatable bonds is 10. The van der Waals surface area contributed by atoms with E-state index in [0.717, 1.165) is 0 Å². The molecule has 0 amide bonds. The zero-order valence-electron chi connectivity index (χ0n) is 10.8. The third-order valence-corrected chi connectivity index (χ3v) is 2.57. The van der Waals surface area contributed by atoms with Crippen molar-refractivity contribution in [1.29, 1.82) is 5.26 Å². The minimum atomic E-state index is -0.934. The molecule has 0 rings (SSSR count). The van der Waals surface area contributed by atoms with E-state index in [0.29, 0.717) is 39.5 Å². The first-order valence-corrected chi connectivity index (χ1v) is 5.63. The lowest BCUT2D eigenvalue weighted by molar-refractivity contribution is -0.124. The van der Waals surface area contributed by atoms with Crippen LogP contribution in [0.5, 0.6) is 0 Å². The van der Waals surface area contributed by atoms with Gasteiger partial charge in [0.25, 0.3) is 0 Å². The quantitative estimate of drug-likeness (QED) is 0.539. The van der Waals surface area contributed by atoms with Crippen LogP contribution >= 0.6 is 0 Å². The largest absolute Gasteiger partial charge is 0.382 e. The molecule has 0 saturated heterocycles. The summed E-state index contributed by atoms with van der Waals surface area (Å²) < 4.78 is 15.3. The van der Waals surface area contributed by atoms with Crippen LogP contribution in [0.4, 0.5) is 0 Å². The number of ketones is 1. The summed E-state index contributed by atoms with van der Waals surface area (Å²) in [4.78, 5) is 11.2. The lowest BCUT2D eigenvalue weighted by Gasteiger charge is -2.17. The number of carbonyl (C=O) groups is 1. The van der Waals surface area contributed by atoms with Crippen molar-refractivity contribution in [3.8, 4) is 6.07 Å². The Morgan fingerprint density at radius 3 is 2.18 bits per heavy atom. The summed E-state index contributed by atoms with van der Waals surface area (Å²) in [6.45, 7) is 5.51. The van der Waals surface area contributed by atoms with Gasteiger partial charge in [-0.1, -0.05) is 0 Å². The lowest BCUT2D eigenvalue weighted by Crippen LogP contribution is -2.25. The topological polar surface area (TPSA) is 68.6 Å². The number of methoxy groups -OCH3 is 1. The third-order valence-electron chi connectivity index (χ3n) is 2.57. The van der Waals surface area contributed by atoms with Gasteiger partial charge in [0.2, 0.25) is 0 Å². The number of nitriles is 1. The molecular formula is C12H21NO4. The molecule has 0 N–H and O–H groups in total. The van der Waals surface area contributed by atoms with Crippen LogP contribution in [0.3, 0.4) is 0 Å². The second-order valence-electron chi connectivity index (χ2n) is 3.97. The summed E-state index contributed by atoms with van der Waals surface area (Å²) in [5.41, 5.74) is -0.934. The van der Waals surface area contributed by atoms with Crippen molar-refractivity contribution in [2.24, 2.45) is 5.41 Å². The van der Waals surface area contributed by atoms with Crippen molar-refractivity contribution < 1.29 is 19.0 Å². The Hall–Kier alpha value is -0.960. The zero-order valence-corrected chi connectivity index (χ0v) is 10.8. The molecule has 0 heterocycles. The number of Topliss-reactive ketones (excluding diaryl/α,β-unsaturated/α-hetero) is 1. The molecule has 0 aromatic rings. The first-order chi connectivity index (χ1) is 8.06. The number of hydrogen-bond donors (Lipinski definition) is 0. The second-order valence-corrected chi connectivity index (χ2v) is 3.97. The standard InChI is InChI=1S/C12H21NO4/c1-11(14)12(2,10-13)4-5-16-8-9-17-7-6-15-3/h4-9H2,1-3H3. The summed E-state index contributed by atoms with van der Waals surface area (Å²) in [7, 11) is 1.62. The van der Waals surface area contributed by atoms with Crippen LogP contribution in [0.25, 0.3) is 0 Å². The SMILES string of the molecule is COCCOCCOCCC(C)(C#N)C(C)=O. The van der Waals surface area contributed by atoms with Gasteiger partial charge >= 0.3 is 0 Å². The molecule has 17 heavy (non-hydrogen) atoms. The van der Waals surface area contributed by atoms with E-state index in [2.05, 4.69) is 0 Å². The minimum absolute atomic E-state index is 0.125. The molecule has 0 aromatic carbocycles. The van der Waals surface area contributed by atoms with Crippen LogP contribution in [0.2, 0.25) is 0 Å². The lowest BCUT2D eigenvalue weighted by atomic mass is 9.85. The van der Waals surface area contributed by atoms with Gasteiger partial charge in [-0.05, 0) is 20.3 Å². The van der Waals surface area contributed by atoms with Crippen LogP contribution in [-0.4, -0.2) is 45.9 Å². The molecule has 0 saturated carbocycles. The molecule has 0 spiro atoms. The van der Waals surface area contributed by atoms with Crippen molar-refractivity contribution in [3.05, 3.63) is 0 Å². The summed E-state index contributed by atoms with van der Waals surface area (Å²) >= 11 is 0. The van der Waals surface area contributed by atoms with Gasteiger partial charge in [-0.3, -0.25) is 4.79 Å². The molecule has 1 atom stereocenters. The Balaban J connectivity index is 3.51. The highest BCUT2D eigenvalue weighted by Crippen LogP contribution is 2.21. The number of hydrogen-bond acceptors (Lipinski definition) is 5. The molecular weight excluding hydrogens is 222 g/mol. The van der Waals surface area contributed by atoms with Gasteiger partial charge in [0.15, 0.2) is 0 Å². The number of nitrogens with zero attached hydrogens (tertiary/aromatic N) is 1. The maximum atomic E-state index is 11.2. The Kier molecular flexibility index (Phi) is 8.60. The van der Waals surface area contributed by atoms with E-state index >= 15 is 0 Å². The van der Waals surface area contributed by atoms with Crippen molar-refractivity contribution >= 4 is 5.78 Å². The molecule has 5 heteroatoms. The predicted molar refractivity (Wildman–Crippen MR) is 62.5 cm³/mol. The molecule has 98 valence electrons. The maximum Gasteiger partial charge on any atom is 0.149 e. The van der Waals surface area contributed by atoms with Crippen LogP contribution in [-0.2, 0) is 19.0 Å². The summed E-state index contributed by atoms with van der Waals surface area (Å²) in [6, 6.07) is 2.02. The highest BCUT2D eigenvalue weighted by atomic mass is 16.5. The van der Waals surface area contributed by atoms with E-state index in [9.17, 15) is 4.79 Å². The fourth-order valence-electron chi connectivity index (χ4n) is 1.05. The Morgan fingerprint density at radius 2 is 1.71 bits per heavy atom. The van der Waals surface area contributed by atoms with E-state index in [1.54, 1.807) is 14.0 Å². The van der Waals surface area contributed by atoms with Gasteiger partial charge < -0.3 is 14.2 Å². The smallest absolute Gasteiger partial charge is 0.149 e. The van der Waals surface area contributed by atoms with E-state index < -0.39 is 5.41 Å².